The SMILES string of the molecule is CC(C)N(CC(=O)O)c1nc(C2CC2)no1. The summed E-state index contributed by atoms with van der Waals surface area (Å²) in [6, 6.07) is 0.322. The molecule has 0 unspecified atom stereocenters. The van der Waals surface area contributed by atoms with Gasteiger partial charge in [0.2, 0.25) is 0 Å². The van der Waals surface area contributed by atoms with Crippen molar-refractivity contribution in [2.24, 2.45) is 0 Å². The van der Waals surface area contributed by atoms with E-state index in [2.05, 4.69) is 10.1 Å². The first-order valence-electron chi connectivity index (χ1n) is 5.40. The highest BCUT2D eigenvalue weighted by atomic mass is 16.5. The van der Waals surface area contributed by atoms with Gasteiger partial charge >= 0.3 is 12.0 Å². The molecule has 1 fully saturated rings. The largest absolute Gasteiger partial charge is 0.480 e. The summed E-state index contributed by atoms with van der Waals surface area (Å²) >= 11 is 0. The summed E-state index contributed by atoms with van der Waals surface area (Å²) in [7, 11) is 0. The molecule has 0 radical (unpaired) electrons. The van der Waals surface area contributed by atoms with Crippen LogP contribution in [0, 0.1) is 0 Å². The molecular weight excluding hydrogens is 210 g/mol. The molecule has 16 heavy (non-hydrogen) atoms. The van der Waals surface area contributed by atoms with E-state index in [9.17, 15) is 4.79 Å². The number of anilines is 1. The van der Waals surface area contributed by atoms with Crippen LogP contribution < -0.4 is 4.90 Å². The van der Waals surface area contributed by atoms with Crippen LogP contribution in [-0.4, -0.2) is 33.8 Å². The zero-order valence-electron chi connectivity index (χ0n) is 9.38. The van der Waals surface area contributed by atoms with Gasteiger partial charge in [-0.3, -0.25) is 4.79 Å². The van der Waals surface area contributed by atoms with Gasteiger partial charge in [0.25, 0.3) is 0 Å². The first kappa shape index (κ1) is 10.9. The van der Waals surface area contributed by atoms with E-state index in [1.165, 1.54) is 0 Å². The average molecular weight is 225 g/mol. The molecule has 1 aromatic heterocycles. The molecule has 6 nitrogen and oxygen atoms in total. The van der Waals surface area contributed by atoms with Crippen LogP contribution in [-0.2, 0) is 4.79 Å². The Morgan fingerprint density at radius 3 is 2.81 bits per heavy atom. The minimum atomic E-state index is -0.903. The Morgan fingerprint density at radius 2 is 2.31 bits per heavy atom. The fraction of sp³-hybridized carbons (Fsp3) is 0.700. The summed E-state index contributed by atoms with van der Waals surface area (Å²) in [6.45, 7) is 3.66. The van der Waals surface area contributed by atoms with E-state index in [1.807, 2.05) is 13.8 Å². The molecule has 0 spiro atoms. The zero-order valence-corrected chi connectivity index (χ0v) is 9.38. The third-order valence-electron chi connectivity index (χ3n) is 2.55. The maximum Gasteiger partial charge on any atom is 0.324 e. The van der Waals surface area contributed by atoms with Crippen molar-refractivity contribution in [3.63, 3.8) is 0 Å². The Labute approximate surface area is 93.2 Å². The molecule has 0 saturated heterocycles. The average Bonchev–Trinajstić information content (AvgIpc) is 2.93. The minimum Gasteiger partial charge on any atom is -0.480 e. The van der Waals surface area contributed by atoms with Crippen LogP contribution in [0.3, 0.4) is 0 Å². The number of aliphatic carboxylic acids is 1. The van der Waals surface area contributed by atoms with Gasteiger partial charge in [-0.1, -0.05) is 5.16 Å². The number of carboxylic acid groups (broad SMARTS) is 1. The molecule has 88 valence electrons. The summed E-state index contributed by atoms with van der Waals surface area (Å²) in [5.41, 5.74) is 0. The van der Waals surface area contributed by atoms with Crippen LogP contribution in [0.2, 0.25) is 0 Å². The number of rotatable bonds is 5. The monoisotopic (exact) mass is 225 g/mol. The van der Waals surface area contributed by atoms with Crippen molar-refractivity contribution >= 4 is 12.0 Å². The Hall–Kier alpha value is -1.59. The fourth-order valence-electron chi connectivity index (χ4n) is 1.47. The van der Waals surface area contributed by atoms with Crippen molar-refractivity contribution in [1.82, 2.24) is 10.1 Å². The van der Waals surface area contributed by atoms with Crippen molar-refractivity contribution in [2.75, 3.05) is 11.4 Å². The summed E-state index contributed by atoms with van der Waals surface area (Å²) < 4.78 is 5.09. The van der Waals surface area contributed by atoms with E-state index in [0.717, 1.165) is 12.8 Å². The lowest BCUT2D eigenvalue weighted by atomic mass is 10.3. The number of aromatic nitrogens is 2. The van der Waals surface area contributed by atoms with Crippen molar-refractivity contribution in [1.29, 1.82) is 0 Å². The Kier molecular flexibility index (Phi) is 2.80. The highest BCUT2D eigenvalue weighted by Crippen LogP contribution is 2.38. The van der Waals surface area contributed by atoms with Gasteiger partial charge in [-0.15, -0.1) is 0 Å². The number of hydrogen-bond donors (Lipinski definition) is 1. The molecule has 1 N–H and O–H groups in total. The second-order valence-corrected chi connectivity index (χ2v) is 4.32. The van der Waals surface area contributed by atoms with Gasteiger partial charge in [0, 0.05) is 12.0 Å². The molecule has 0 atom stereocenters. The van der Waals surface area contributed by atoms with Crippen molar-refractivity contribution in [2.45, 2.75) is 38.6 Å². The van der Waals surface area contributed by atoms with E-state index >= 15 is 0 Å². The fourth-order valence-corrected chi connectivity index (χ4v) is 1.47. The molecule has 1 saturated carbocycles. The van der Waals surface area contributed by atoms with E-state index in [1.54, 1.807) is 4.90 Å². The molecule has 0 bridgehead atoms. The smallest absolute Gasteiger partial charge is 0.324 e. The maximum atomic E-state index is 10.7. The number of nitrogens with zero attached hydrogens (tertiary/aromatic N) is 3. The minimum absolute atomic E-state index is 0.0172. The van der Waals surface area contributed by atoms with Gasteiger partial charge in [-0.2, -0.15) is 4.98 Å². The van der Waals surface area contributed by atoms with Crippen LogP contribution in [0.25, 0.3) is 0 Å². The van der Waals surface area contributed by atoms with E-state index in [0.29, 0.717) is 17.8 Å². The number of carbonyl (C=O) groups is 1. The topological polar surface area (TPSA) is 79.5 Å². The molecular formula is C10H15N3O3. The van der Waals surface area contributed by atoms with E-state index in [4.69, 9.17) is 9.63 Å². The second kappa shape index (κ2) is 4.11. The second-order valence-electron chi connectivity index (χ2n) is 4.32. The third-order valence-corrected chi connectivity index (χ3v) is 2.55. The number of hydrogen-bond acceptors (Lipinski definition) is 5. The highest BCUT2D eigenvalue weighted by molar-refractivity contribution is 5.72. The van der Waals surface area contributed by atoms with Crippen LogP contribution >= 0.6 is 0 Å². The molecule has 0 aromatic carbocycles. The molecule has 1 aliphatic rings. The molecule has 2 rings (SSSR count). The lowest BCUT2D eigenvalue weighted by molar-refractivity contribution is -0.135. The summed E-state index contributed by atoms with van der Waals surface area (Å²) in [6.07, 6.45) is 2.19. The zero-order chi connectivity index (χ0) is 11.7. The van der Waals surface area contributed by atoms with Crippen molar-refractivity contribution < 1.29 is 14.4 Å². The van der Waals surface area contributed by atoms with E-state index in [-0.39, 0.29) is 12.6 Å². The summed E-state index contributed by atoms with van der Waals surface area (Å²) in [5, 5.41) is 12.7. The van der Waals surface area contributed by atoms with Gasteiger partial charge in [0.15, 0.2) is 5.82 Å². The third kappa shape index (κ3) is 2.32. The van der Waals surface area contributed by atoms with Crippen LogP contribution in [0.5, 0.6) is 0 Å². The van der Waals surface area contributed by atoms with Gasteiger partial charge in [-0.05, 0) is 26.7 Å². The predicted octanol–water partition coefficient (Wildman–Crippen LogP) is 1.25. The molecule has 1 aliphatic carbocycles. The van der Waals surface area contributed by atoms with Crippen molar-refractivity contribution in [3.05, 3.63) is 5.82 Å². The predicted molar refractivity (Wildman–Crippen MR) is 56.4 cm³/mol. The lowest BCUT2D eigenvalue weighted by Crippen LogP contribution is -2.35. The molecule has 0 aliphatic heterocycles. The Bertz CT molecular complexity index is 384. The summed E-state index contributed by atoms with van der Waals surface area (Å²) in [4.78, 5) is 16.5. The summed E-state index contributed by atoms with van der Waals surface area (Å²) in [5.74, 6) is 0.210. The first-order valence-corrected chi connectivity index (χ1v) is 5.40. The lowest BCUT2D eigenvalue weighted by Gasteiger charge is -2.21. The van der Waals surface area contributed by atoms with Gasteiger partial charge < -0.3 is 14.5 Å². The van der Waals surface area contributed by atoms with Gasteiger partial charge in [0.05, 0.1) is 0 Å². The standard InChI is InChI=1S/C10H15N3O3/c1-6(2)13(5-8(14)15)10-11-9(12-16-10)7-3-4-7/h6-7H,3-5H2,1-2H3,(H,14,15). The molecule has 1 aromatic rings. The van der Waals surface area contributed by atoms with E-state index < -0.39 is 5.97 Å². The Balaban J connectivity index is 2.13. The van der Waals surface area contributed by atoms with Crippen LogP contribution in [0.15, 0.2) is 4.52 Å². The van der Waals surface area contributed by atoms with Gasteiger partial charge in [0.1, 0.15) is 6.54 Å². The van der Waals surface area contributed by atoms with Crippen LogP contribution in [0.4, 0.5) is 6.01 Å². The number of carboxylic acids is 1. The Morgan fingerprint density at radius 1 is 1.62 bits per heavy atom. The quantitative estimate of drug-likeness (QED) is 0.812. The highest BCUT2D eigenvalue weighted by Gasteiger charge is 2.30. The normalized spacial score (nSPS) is 15.4. The van der Waals surface area contributed by atoms with Crippen molar-refractivity contribution in [3.8, 4) is 0 Å². The molecule has 6 heteroatoms. The molecule has 0 amide bonds. The maximum absolute atomic E-state index is 10.7. The molecule has 1 heterocycles. The van der Waals surface area contributed by atoms with Crippen LogP contribution in [0.1, 0.15) is 38.4 Å². The first-order chi connectivity index (χ1) is 7.58. The van der Waals surface area contributed by atoms with Gasteiger partial charge in [-0.25, -0.2) is 0 Å².